The second-order valence-corrected chi connectivity index (χ2v) is 10.8. The van der Waals surface area contributed by atoms with Crippen molar-refractivity contribution in [1.29, 1.82) is 0 Å². The van der Waals surface area contributed by atoms with Crippen LogP contribution in [0, 0.1) is 6.92 Å². The van der Waals surface area contributed by atoms with Crippen molar-refractivity contribution in [3.8, 4) is 0 Å². The standard InChI is InChI=1S/C17H23ClN4O2S2/c1-13-14(22-7-3-2-4-16(22)19-13)12-20-8-10-21(11-9-20)26(23,24)17-6-5-15(18)25-17/h5-6H,2-4,7-12H2,1H3. The van der Waals surface area contributed by atoms with E-state index < -0.39 is 10.0 Å². The van der Waals surface area contributed by atoms with Gasteiger partial charge in [0.15, 0.2) is 0 Å². The normalized spacial score (nSPS) is 19.6. The van der Waals surface area contributed by atoms with Crippen molar-refractivity contribution in [1.82, 2.24) is 18.8 Å². The molecule has 4 rings (SSSR count). The van der Waals surface area contributed by atoms with Crippen LogP contribution < -0.4 is 0 Å². The van der Waals surface area contributed by atoms with Crippen LogP contribution in [-0.4, -0.2) is 53.4 Å². The number of aromatic nitrogens is 2. The fraction of sp³-hybridized carbons (Fsp3) is 0.588. The van der Waals surface area contributed by atoms with Crippen molar-refractivity contribution in [2.24, 2.45) is 0 Å². The Bertz CT molecular complexity index is 898. The lowest BCUT2D eigenvalue weighted by Gasteiger charge is -2.34. The van der Waals surface area contributed by atoms with Gasteiger partial charge < -0.3 is 4.57 Å². The molecule has 2 aromatic heterocycles. The van der Waals surface area contributed by atoms with Gasteiger partial charge in [0, 0.05) is 45.7 Å². The van der Waals surface area contributed by atoms with Gasteiger partial charge in [-0.3, -0.25) is 4.90 Å². The van der Waals surface area contributed by atoms with Gasteiger partial charge in [0.05, 0.1) is 15.7 Å². The van der Waals surface area contributed by atoms with Crippen LogP contribution in [0.1, 0.15) is 30.1 Å². The van der Waals surface area contributed by atoms with E-state index in [2.05, 4.69) is 16.4 Å². The van der Waals surface area contributed by atoms with Crippen LogP contribution in [0.2, 0.25) is 4.34 Å². The summed E-state index contributed by atoms with van der Waals surface area (Å²) in [6.45, 7) is 6.48. The summed E-state index contributed by atoms with van der Waals surface area (Å²) in [5.74, 6) is 1.21. The van der Waals surface area contributed by atoms with Gasteiger partial charge in [-0.2, -0.15) is 4.31 Å². The summed E-state index contributed by atoms with van der Waals surface area (Å²) < 4.78 is 30.2. The van der Waals surface area contributed by atoms with Gasteiger partial charge in [-0.05, 0) is 31.9 Å². The number of hydrogen-bond donors (Lipinski definition) is 0. The predicted molar refractivity (Wildman–Crippen MR) is 103 cm³/mol. The monoisotopic (exact) mass is 414 g/mol. The number of imidazole rings is 1. The average molecular weight is 415 g/mol. The second-order valence-electron chi connectivity index (χ2n) is 6.91. The van der Waals surface area contributed by atoms with Crippen molar-refractivity contribution >= 4 is 33.0 Å². The summed E-state index contributed by atoms with van der Waals surface area (Å²) >= 11 is 7.02. The molecule has 2 aromatic rings. The Labute approximate surface area is 163 Å². The molecule has 9 heteroatoms. The molecule has 0 amide bonds. The maximum absolute atomic E-state index is 12.7. The molecule has 0 aliphatic carbocycles. The molecular formula is C17H23ClN4O2S2. The molecule has 0 bridgehead atoms. The highest BCUT2D eigenvalue weighted by atomic mass is 35.5. The number of hydrogen-bond acceptors (Lipinski definition) is 5. The number of rotatable bonds is 4. The van der Waals surface area contributed by atoms with E-state index in [1.807, 2.05) is 0 Å². The SMILES string of the molecule is Cc1nc2n(c1CN1CCN(S(=O)(=O)c3ccc(Cl)s3)CC1)CCCC2. The van der Waals surface area contributed by atoms with Gasteiger partial charge in [-0.25, -0.2) is 13.4 Å². The first-order chi connectivity index (χ1) is 12.4. The highest BCUT2D eigenvalue weighted by Gasteiger charge is 2.30. The van der Waals surface area contributed by atoms with E-state index in [0.29, 0.717) is 21.6 Å². The lowest BCUT2D eigenvalue weighted by Crippen LogP contribution is -2.48. The smallest absolute Gasteiger partial charge is 0.252 e. The molecule has 142 valence electrons. The molecule has 26 heavy (non-hydrogen) atoms. The number of thiophene rings is 1. The Morgan fingerprint density at radius 1 is 1.15 bits per heavy atom. The van der Waals surface area contributed by atoms with Crippen molar-refractivity contribution < 1.29 is 8.42 Å². The molecule has 2 aliphatic rings. The highest BCUT2D eigenvalue weighted by molar-refractivity contribution is 7.91. The summed E-state index contributed by atoms with van der Waals surface area (Å²) in [7, 11) is -3.43. The first-order valence-corrected chi connectivity index (χ1v) is 11.6. The lowest BCUT2D eigenvalue weighted by atomic mass is 10.1. The van der Waals surface area contributed by atoms with Crippen LogP contribution >= 0.6 is 22.9 Å². The van der Waals surface area contributed by atoms with E-state index >= 15 is 0 Å². The molecule has 6 nitrogen and oxygen atoms in total. The zero-order valence-electron chi connectivity index (χ0n) is 14.8. The third-order valence-electron chi connectivity index (χ3n) is 5.23. The highest BCUT2D eigenvalue weighted by Crippen LogP contribution is 2.29. The minimum Gasteiger partial charge on any atom is -0.331 e. The Hall–Kier alpha value is -0.930. The van der Waals surface area contributed by atoms with E-state index in [-0.39, 0.29) is 0 Å². The van der Waals surface area contributed by atoms with E-state index in [1.54, 1.807) is 16.4 Å². The van der Waals surface area contributed by atoms with Crippen molar-refractivity contribution in [3.63, 3.8) is 0 Å². The fourth-order valence-corrected chi connectivity index (χ4v) is 6.84. The molecule has 0 unspecified atom stereocenters. The van der Waals surface area contributed by atoms with Crippen LogP contribution in [0.15, 0.2) is 16.3 Å². The second kappa shape index (κ2) is 7.24. The van der Waals surface area contributed by atoms with Gasteiger partial charge in [0.2, 0.25) is 0 Å². The average Bonchev–Trinajstić information content (AvgIpc) is 3.20. The van der Waals surface area contributed by atoms with Gasteiger partial charge >= 0.3 is 0 Å². The molecule has 1 saturated heterocycles. The van der Waals surface area contributed by atoms with Gasteiger partial charge in [-0.15, -0.1) is 11.3 Å². The van der Waals surface area contributed by atoms with Crippen LogP contribution in [0.3, 0.4) is 0 Å². The maximum atomic E-state index is 12.7. The Kier molecular flexibility index (Phi) is 5.13. The number of fused-ring (bicyclic) bond motifs is 1. The third kappa shape index (κ3) is 3.45. The molecule has 0 saturated carbocycles. The Balaban J connectivity index is 1.42. The minimum atomic E-state index is -3.43. The Morgan fingerprint density at radius 3 is 2.62 bits per heavy atom. The van der Waals surface area contributed by atoms with E-state index in [9.17, 15) is 8.42 Å². The van der Waals surface area contributed by atoms with E-state index in [1.165, 1.54) is 24.4 Å². The summed E-state index contributed by atoms with van der Waals surface area (Å²) in [4.78, 5) is 7.06. The van der Waals surface area contributed by atoms with Crippen LogP contribution in [0.25, 0.3) is 0 Å². The third-order valence-corrected chi connectivity index (χ3v) is 8.83. The fourth-order valence-electron chi connectivity index (χ4n) is 3.78. The number of aryl methyl sites for hydroxylation is 2. The molecular weight excluding hydrogens is 392 g/mol. The van der Waals surface area contributed by atoms with Gasteiger partial charge in [-0.1, -0.05) is 11.6 Å². The molecule has 0 spiro atoms. The molecule has 0 N–H and O–H groups in total. The molecule has 0 atom stereocenters. The zero-order valence-corrected chi connectivity index (χ0v) is 17.2. The van der Waals surface area contributed by atoms with Crippen LogP contribution in [0.5, 0.6) is 0 Å². The molecule has 2 aliphatic heterocycles. The number of sulfonamides is 1. The van der Waals surface area contributed by atoms with Gasteiger partial charge in [0.25, 0.3) is 10.0 Å². The largest absolute Gasteiger partial charge is 0.331 e. The van der Waals surface area contributed by atoms with Crippen molar-refractivity contribution in [2.75, 3.05) is 26.2 Å². The first-order valence-electron chi connectivity index (χ1n) is 8.98. The minimum absolute atomic E-state index is 0.330. The quantitative estimate of drug-likeness (QED) is 0.771. The first kappa shape index (κ1) is 18.4. The van der Waals surface area contributed by atoms with Crippen molar-refractivity contribution in [2.45, 2.75) is 43.5 Å². The van der Waals surface area contributed by atoms with E-state index in [4.69, 9.17) is 16.6 Å². The number of halogens is 1. The molecule has 4 heterocycles. The topological polar surface area (TPSA) is 58.4 Å². The van der Waals surface area contributed by atoms with E-state index in [0.717, 1.165) is 49.6 Å². The lowest BCUT2D eigenvalue weighted by molar-refractivity contribution is 0.177. The molecule has 0 aromatic carbocycles. The maximum Gasteiger partial charge on any atom is 0.252 e. The Morgan fingerprint density at radius 2 is 1.92 bits per heavy atom. The number of nitrogens with zero attached hydrogens (tertiary/aromatic N) is 4. The summed E-state index contributed by atoms with van der Waals surface area (Å²) in [5.41, 5.74) is 2.41. The molecule has 0 radical (unpaired) electrons. The summed E-state index contributed by atoms with van der Waals surface area (Å²) in [6.07, 6.45) is 3.50. The summed E-state index contributed by atoms with van der Waals surface area (Å²) in [5, 5.41) is 0. The molecule has 1 fully saturated rings. The van der Waals surface area contributed by atoms with Gasteiger partial charge in [0.1, 0.15) is 10.0 Å². The van der Waals surface area contributed by atoms with Crippen LogP contribution in [0.4, 0.5) is 0 Å². The van der Waals surface area contributed by atoms with Crippen LogP contribution in [-0.2, 0) is 29.5 Å². The zero-order chi connectivity index (χ0) is 18.3. The summed E-state index contributed by atoms with van der Waals surface area (Å²) in [6, 6.07) is 3.23. The predicted octanol–water partition coefficient (Wildman–Crippen LogP) is 2.75. The van der Waals surface area contributed by atoms with Crippen molar-refractivity contribution in [3.05, 3.63) is 33.7 Å². The number of piperazine rings is 1.